The Hall–Kier alpha value is -1.59. The van der Waals surface area contributed by atoms with Crippen molar-refractivity contribution in [2.75, 3.05) is 20.2 Å². The molecular weight excluding hydrogens is 290 g/mol. The van der Waals surface area contributed by atoms with E-state index in [0.29, 0.717) is 17.6 Å². The van der Waals surface area contributed by atoms with Crippen LogP contribution < -0.4 is 0 Å². The molecule has 1 saturated heterocycles. The number of carbonyl (C=O) groups is 1. The van der Waals surface area contributed by atoms with Gasteiger partial charge in [0.25, 0.3) is 5.91 Å². The number of halogens is 1. The number of pyridine rings is 1. The fourth-order valence-electron chi connectivity index (χ4n) is 2.70. The van der Waals surface area contributed by atoms with Crippen LogP contribution in [0.15, 0.2) is 6.07 Å². The standard InChI is InChI=1S/C15H18ClN3O2/c1-9-10(2)19(8-21-3)13-11(9)7-12(17-14(13)16)15(20)18-5-4-6-18/h7H,4-6,8H2,1-3H3. The van der Waals surface area contributed by atoms with Crippen molar-refractivity contribution in [3.8, 4) is 0 Å². The van der Waals surface area contributed by atoms with E-state index >= 15 is 0 Å². The molecule has 112 valence electrons. The van der Waals surface area contributed by atoms with Gasteiger partial charge in [-0.15, -0.1) is 0 Å². The number of hydrogen-bond acceptors (Lipinski definition) is 3. The Labute approximate surface area is 128 Å². The average molecular weight is 308 g/mol. The Balaban J connectivity index is 2.15. The molecule has 1 aliphatic rings. The molecule has 0 unspecified atom stereocenters. The first-order chi connectivity index (χ1) is 10.0. The first kappa shape index (κ1) is 14.4. The third-order valence-electron chi connectivity index (χ3n) is 4.19. The van der Waals surface area contributed by atoms with Crippen LogP contribution in [0.5, 0.6) is 0 Å². The van der Waals surface area contributed by atoms with Gasteiger partial charge in [0.15, 0.2) is 5.15 Å². The van der Waals surface area contributed by atoms with E-state index in [9.17, 15) is 4.79 Å². The highest BCUT2D eigenvalue weighted by Gasteiger charge is 2.25. The van der Waals surface area contributed by atoms with Crippen LogP contribution in [0, 0.1) is 13.8 Å². The summed E-state index contributed by atoms with van der Waals surface area (Å²) in [5, 5.41) is 1.32. The molecular formula is C15H18ClN3O2. The van der Waals surface area contributed by atoms with Gasteiger partial charge in [0.1, 0.15) is 12.4 Å². The van der Waals surface area contributed by atoms with Crippen molar-refractivity contribution >= 4 is 28.4 Å². The minimum Gasteiger partial charge on any atom is -0.364 e. The van der Waals surface area contributed by atoms with Crippen molar-refractivity contribution in [3.05, 3.63) is 28.2 Å². The molecule has 0 saturated carbocycles. The Morgan fingerprint density at radius 2 is 2.14 bits per heavy atom. The van der Waals surface area contributed by atoms with Gasteiger partial charge in [-0.25, -0.2) is 4.98 Å². The monoisotopic (exact) mass is 307 g/mol. The summed E-state index contributed by atoms with van der Waals surface area (Å²) in [5.41, 5.74) is 3.42. The first-order valence-electron chi connectivity index (χ1n) is 6.98. The smallest absolute Gasteiger partial charge is 0.272 e. The van der Waals surface area contributed by atoms with E-state index < -0.39 is 0 Å². The number of methoxy groups -OCH3 is 1. The Bertz CT molecular complexity index is 720. The number of likely N-dealkylation sites (tertiary alicyclic amines) is 1. The summed E-state index contributed by atoms with van der Waals surface area (Å²) >= 11 is 6.34. The SMILES string of the molecule is COCn1c(C)c(C)c2cc(C(=O)N3CCC3)nc(Cl)c21. The number of aromatic nitrogens is 2. The molecule has 1 aliphatic heterocycles. The summed E-state index contributed by atoms with van der Waals surface area (Å²) in [5.74, 6) is -0.0402. The lowest BCUT2D eigenvalue weighted by molar-refractivity contribution is 0.0646. The molecule has 3 heterocycles. The molecule has 2 aromatic heterocycles. The van der Waals surface area contributed by atoms with Gasteiger partial charge >= 0.3 is 0 Å². The summed E-state index contributed by atoms with van der Waals surface area (Å²) in [6, 6.07) is 1.84. The zero-order chi connectivity index (χ0) is 15.1. The van der Waals surface area contributed by atoms with E-state index in [1.165, 1.54) is 0 Å². The Kier molecular flexibility index (Phi) is 3.63. The van der Waals surface area contributed by atoms with Crippen LogP contribution in [-0.2, 0) is 11.5 Å². The zero-order valence-corrected chi connectivity index (χ0v) is 13.2. The minimum absolute atomic E-state index is 0.0402. The summed E-state index contributed by atoms with van der Waals surface area (Å²) < 4.78 is 7.21. The van der Waals surface area contributed by atoms with Crippen molar-refractivity contribution in [3.63, 3.8) is 0 Å². The van der Waals surface area contributed by atoms with Crippen LogP contribution in [0.3, 0.4) is 0 Å². The molecule has 0 radical (unpaired) electrons. The lowest BCUT2D eigenvalue weighted by Gasteiger charge is -2.30. The maximum Gasteiger partial charge on any atom is 0.272 e. The molecule has 3 rings (SSSR count). The highest BCUT2D eigenvalue weighted by molar-refractivity contribution is 6.34. The third kappa shape index (κ3) is 2.21. The van der Waals surface area contributed by atoms with E-state index in [0.717, 1.165) is 41.7 Å². The van der Waals surface area contributed by atoms with E-state index in [-0.39, 0.29) is 5.91 Å². The van der Waals surface area contributed by atoms with Crippen molar-refractivity contribution < 1.29 is 9.53 Å². The predicted octanol–water partition coefficient (Wildman–Crippen LogP) is 2.76. The minimum atomic E-state index is -0.0402. The molecule has 0 atom stereocenters. The summed E-state index contributed by atoms with van der Waals surface area (Å²) in [6.45, 7) is 6.06. The lowest BCUT2D eigenvalue weighted by atomic mass is 10.1. The highest BCUT2D eigenvalue weighted by Crippen LogP contribution is 2.31. The number of aryl methyl sites for hydroxylation is 1. The van der Waals surface area contributed by atoms with Crippen molar-refractivity contribution in [2.24, 2.45) is 0 Å². The largest absolute Gasteiger partial charge is 0.364 e. The van der Waals surface area contributed by atoms with Gasteiger partial charge in [-0.3, -0.25) is 4.79 Å². The highest BCUT2D eigenvalue weighted by atomic mass is 35.5. The molecule has 0 aromatic carbocycles. The topological polar surface area (TPSA) is 47.4 Å². The van der Waals surface area contributed by atoms with E-state index in [4.69, 9.17) is 16.3 Å². The van der Waals surface area contributed by atoms with E-state index in [2.05, 4.69) is 4.98 Å². The number of fused-ring (bicyclic) bond motifs is 1. The van der Waals surface area contributed by atoms with Gasteiger partial charge in [-0.2, -0.15) is 0 Å². The van der Waals surface area contributed by atoms with Gasteiger partial charge in [-0.05, 0) is 31.9 Å². The second-order valence-corrected chi connectivity index (χ2v) is 5.75. The molecule has 5 nitrogen and oxygen atoms in total. The Morgan fingerprint density at radius 3 is 2.71 bits per heavy atom. The average Bonchev–Trinajstić information content (AvgIpc) is 2.63. The van der Waals surface area contributed by atoms with Gasteiger partial charge in [0.05, 0.1) is 5.52 Å². The molecule has 21 heavy (non-hydrogen) atoms. The normalized spacial score (nSPS) is 14.6. The van der Waals surface area contributed by atoms with Gasteiger partial charge < -0.3 is 14.2 Å². The summed E-state index contributed by atoms with van der Waals surface area (Å²) in [7, 11) is 1.64. The van der Waals surface area contributed by atoms with Gasteiger partial charge in [0.2, 0.25) is 0 Å². The Morgan fingerprint density at radius 1 is 1.43 bits per heavy atom. The van der Waals surface area contributed by atoms with Gasteiger partial charge in [0, 0.05) is 31.3 Å². The molecule has 0 aliphatic carbocycles. The third-order valence-corrected chi connectivity index (χ3v) is 4.46. The second-order valence-electron chi connectivity index (χ2n) is 5.40. The van der Waals surface area contributed by atoms with Gasteiger partial charge in [-0.1, -0.05) is 11.6 Å². The molecule has 1 fully saturated rings. The molecule has 2 aromatic rings. The fourth-order valence-corrected chi connectivity index (χ4v) is 2.99. The van der Waals surface area contributed by atoms with Crippen LogP contribution in [0.25, 0.3) is 10.9 Å². The lowest BCUT2D eigenvalue weighted by Crippen LogP contribution is -2.42. The van der Waals surface area contributed by atoms with Crippen LogP contribution in [0.1, 0.15) is 28.2 Å². The van der Waals surface area contributed by atoms with Crippen molar-refractivity contribution in [1.82, 2.24) is 14.5 Å². The van der Waals surface area contributed by atoms with Crippen molar-refractivity contribution in [1.29, 1.82) is 0 Å². The van der Waals surface area contributed by atoms with Crippen LogP contribution in [-0.4, -0.2) is 40.6 Å². The summed E-state index contributed by atoms with van der Waals surface area (Å²) in [6.07, 6.45) is 1.06. The fraction of sp³-hybridized carbons (Fsp3) is 0.467. The maximum absolute atomic E-state index is 12.3. The zero-order valence-electron chi connectivity index (χ0n) is 12.4. The van der Waals surface area contributed by atoms with E-state index in [1.54, 1.807) is 12.0 Å². The number of hydrogen-bond donors (Lipinski definition) is 0. The van der Waals surface area contributed by atoms with Crippen molar-refractivity contribution in [2.45, 2.75) is 27.0 Å². The maximum atomic E-state index is 12.3. The van der Waals surface area contributed by atoms with Crippen LogP contribution in [0.2, 0.25) is 5.15 Å². The number of nitrogens with zero attached hydrogens (tertiary/aromatic N) is 3. The molecule has 0 N–H and O–H groups in total. The second kappa shape index (κ2) is 5.31. The predicted molar refractivity (Wildman–Crippen MR) is 81.7 cm³/mol. The van der Waals surface area contributed by atoms with Crippen LogP contribution >= 0.6 is 11.6 Å². The quantitative estimate of drug-likeness (QED) is 0.819. The molecule has 1 amide bonds. The number of carbonyl (C=O) groups excluding carboxylic acids is 1. The summed E-state index contributed by atoms with van der Waals surface area (Å²) in [4.78, 5) is 18.4. The van der Waals surface area contributed by atoms with Crippen LogP contribution in [0.4, 0.5) is 0 Å². The number of rotatable bonds is 3. The molecule has 0 spiro atoms. The number of ether oxygens (including phenoxy) is 1. The first-order valence-corrected chi connectivity index (χ1v) is 7.36. The molecule has 6 heteroatoms. The molecule has 0 bridgehead atoms. The number of amides is 1. The van der Waals surface area contributed by atoms with E-state index in [1.807, 2.05) is 24.5 Å².